The van der Waals surface area contributed by atoms with E-state index in [4.69, 9.17) is 10.8 Å². The molecule has 0 saturated heterocycles. The first-order valence-corrected chi connectivity index (χ1v) is 4.22. The van der Waals surface area contributed by atoms with E-state index < -0.39 is 18.5 Å². The Hall–Kier alpha value is -1.26. The first-order chi connectivity index (χ1) is 6.57. The Morgan fingerprint density at radius 1 is 1.64 bits per heavy atom. The van der Waals surface area contributed by atoms with Crippen LogP contribution in [0.15, 0.2) is 18.2 Å². The summed E-state index contributed by atoms with van der Waals surface area (Å²) in [5.74, 6) is -0.799. The maximum absolute atomic E-state index is 13.1. The first-order valence-electron chi connectivity index (χ1n) is 4.22. The summed E-state index contributed by atoms with van der Waals surface area (Å²) >= 11 is 0. The van der Waals surface area contributed by atoms with Crippen LogP contribution in [0.25, 0.3) is 0 Å². The molecule has 0 aliphatic carbocycles. The Bertz CT molecular complexity index is 352. The van der Waals surface area contributed by atoms with Crippen molar-refractivity contribution in [1.29, 1.82) is 0 Å². The lowest BCUT2D eigenvalue weighted by Gasteiger charge is -2.12. The van der Waals surface area contributed by atoms with Crippen LogP contribution in [0.4, 0.5) is 4.39 Å². The molecule has 0 radical (unpaired) electrons. The van der Waals surface area contributed by atoms with E-state index in [2.05, 4.69) is 0 Å². The smallest absolute Gasteiger partial charge is 0.150 e. The zero-order valence-corrected chi connectivity index (χ0v) is 7.83. The molecule has 0 aromatic heterocycles. The van der Waals surface area contributed by atoms with Crippen LogP contribution >= 0.6 is 0 Å². The zero-order valence-electron chi connectivity index (χ0n) is 7.83. The largest absolute Gasteiger partial charge is 0.392 e. The van der Waals surface area contributed by atoms with Crippen LogP contribution in [0, 0.1) is 5.82 Å². The normalized spacial score (nSPS) is 12.6. The van der Waals surface area contributed by atoms with Crippen LogP contribution in [-0.4, -0.2) is 10.9 Å². The minimum Gasteiger partial charge on any atom is -0.392 e. The Morgan fingerprint density at radius 3 is 2.79 bits per heavy atom. The third-order valence-corrected chi connectivity index (χ3v) is 2.09. The summed E-state index contributed by atoms with van der Waals surface area (Å²) in [4.78, 5) is 11.0. The second kappa shape index (κ2) is 4.30. The second-order valence-electron chi connectivity index (χ2n) is 3.05. The minimum atomic E-state index is -0.868. The topological polar surface area (TPSA) is 63.3 Å². The van der Waals surface area contributed by atoms with Crippen molar-refractivity contribution in [2.75, 3.05) is 0 Å². The van der Waals surface area contributed by atoms with Gasteiger partial charge < -0.3 is 10.8 Å². The molecule has 1 unspecified atom stereocenters. The number of carbonyl (C=O) groups is 1. The van der Waals surface area contributed by atoms with E-state index in [1.165, 1.54) is 19.1 Å². The Morgan fingerprint density at radius 2 is 2.29 bits per heavy atom. The molecule has 1 rings (SSSR count). The quantitative estimate of drug-likeness (QED) is 0.756. The van der Waals surface area contributed by atoms with Crippen molar-refractivity contribution in [2.24, 2.45) is 5.73 Å². The van der Waals surface area contributed by atoms with Gasteiger partial charge in [0.25, 0.3) is 0 Å². The predicted molar refractivity (Wildman–Crippen MR) is 49.9 cm³/mol. The van der Waals surface area contributed by atoms with Crippen molar-refractivity contribution in [1.82, 2.24) is 0 Å². The number of carbonyl (C=O) groups excluding carboxylic acids is 1. The maximum atomic E-state index is 13.1. The van der Waals surface area contributed by atoms with Gasteiger partial charge in [0.1, 0.15) is 5.82 Å². The molecule has 0 aliphatic rings. The number of Topliss-reactive ketones (excluding diaryl/α,β-unsaturated/α-hetero) is 1. The lowest BCUT2D eigenvalue weighted by Crippen LogP contribution is -2.20. The molecule has 0 spiro atoms. The fraction of sp³-hybridized carbons (Fsp3) is 0.300. The van der Waals surface area contributed by atoms with Crippen LogP contribution < -0.4 is 5.73 Å². The molecule has 76 valence electrons. The average Bonchev–Trinajstić information content (AvgIpc) is 2.16. The van der Waals surface area contributed by atoms with Crippen molar-refractivity contribution in [3.8, 4) is 0 Å². The Labute approximate surface area is 81.4 Å². The van der Waals surface area contributed by atoms with Gasteiger partial charge in [-0.1, -0.05) is 12.1 Å². The van der Waals surface area contributed by atoms with Crippen LogP contribution in [0.1, 0.15) is 24.1 Å². The van der Waals surface area contributed by atoms with Crippen molar-refractivity contribution in [3.05, 3.63) is 35.1 Å². The van der Waals surface area contributed by atoms with Gasteiger partial charge in [-0.2, -0.15) is 0 Å². The summed E-state index contributed by atoms with van der Waals surface area (Å²) in [5, 5.41) is 8.92. The summed E-state index contributed by atoms with van der Waals surface area (Å²) in [5.41, 5.74) is 6.00. The van der Waals surface area contributed by atoms with Gasteiger partial charge in [-0.05, 0) is 18.6 Å². The highest BCUT2D eigenvalue weighted by Crippen LogP contribution is 2.19. The Kier molecular flexibility index (Phi) is 3.33. The maximum Gasteiger partial charge on any atom is 0.150 e. The van der Waals surface area contributed by atoms with Gasteiger partial charge in [0, 0.05) is 5.56 Å². The molecule has 0 heterocycles. The van der Waals surface area contributed by atoms with E-state index in [0.717, 1.165) is 0 Å². The molecule has 0 fully saturated rings. The highest BCUT2D eigenvalue weighted by molar-refractivity contribution is 5.83. The van der Waals surface area contributed by atoms with Crippen molar-refractivity contribution < 1.29 is 14.3 Å². The number of rotatable bonds is 3. The number of ketones is 1. The summed E-state index contributed by atoms with van der Waals surface area (Å²) < 4.78 is 13.1. The number of nitrogens with two attached hydrogens (primary N) is 1. The van der Waals surface area contributed by atoms with Gasteiger partial charge in [-0.3, -0.25) is 4.79 Å². The van der Waals surface area contributed by atoms with Crippen LogP contribution in [-0.2, 0) is 11.4 Å². The molecule has 4 heteroatoms. The van der Waals surface area contributed by atoms with Crippen molar-refractivity contribution in [3.63, 3.8) is 0 Å². The second-order valence-corrected chi connectivity index (χ2v) is 3.05. The fourth-order valence-electron chi connectivity index (χ4n) is 1.25. The summed E-state index contributed by atoms with van der Waals surface area (Å²) in [6, 6.07) is 3.36. The summed E-state index contributed by atoms with van der Waals surface area (Å²) in [7, 11) is 0. The first kappa shape index (κ1) is 10.8. The molecular weight excluding hydrogens is 185 g/mol. The predicted octanol–water partition coefficient (Wildman–Crippen LogP) is 0.907. The third kappa shape index (κ3) is 1.97. The standard InChI is InChI=1S/C10H12FNO2/c1-6(14)10(12)7-3-2-4-9(11)8(7)5-13/h2-4,10,13H,5,12H2,1H3. The minimum absolute atomic E-state index is 0.0928. The zero-order chi connectivity index (χ0) is 10.7. The summed E-state index contributed by atoms with van der Waals surface area (Å²) in [6.45, 7) is 0.875. The Balaban J connectivity index is 3.20. The molecule has 0 saturated carbocycles. The number of aliphatic hydroxyl groups excluding tert-OH is 1. The van der Waals surface area contributed by atoms with E-state index >= 15 is 0 Å². The fourth-order valence-corrected chi connectivity index (χ4v) is 1.25. The lowest BCUT2D eigenvalue weighted by atomic mass is 9.98. The van der Waals surface area contributed by atoms with E-state index in [9.17, 15) is 9.18 Å². The summed E-state index contributed by atoms with van der Waals surface area (Å²) in [6.07, 6.45) is 0. The SMILES string of the molecule is CC(=O)C(N)c1cccc(F)c1CO. The lowest BCUT2D eigenvalue weighted by molar-refractivity contribution is -0.118. The molecule has 1 aromatic rings. The third-order valence-electron chi connectivity index (χ3n) is 2.09. The van der Waals surface area contributed by atoms with Crippen LogP contribution in [0.3, 0.4) is 0 Å². The highest BCUT2D eigenvalue weighted by atomic mass is 19.1. The van der Waals surface area contributed by atoms with Gasteiger partial charge in [0.15, 0.2) is 5.78 Å². The monoisotopic (exact) mass is 197 g/mol. The van der Waals surface area contributed by atoms with Gasteiger partial charge in [-0.15, -0.1) is 0 Å². The number of benzene rings is 1. The number of hydrogen-bond donors (Lipinski definition) is 2. The number of halogens is 1. The number of hydrogen-bond acceptors (Lipinski definition) is 3. The van der Waals surface area contributed by atoms with Crippen molar-refractivity contribution in [2.45, 2.75) is 19.6 Å². The molecular formula is C10H12FNO2. The van der Waals surface area contributed by atoms with Crippen LogP contribution in [0.2, 0.25) is 0 Å². The van der Waals surface area contributed by atoms with E-state index in [0.29, 0.717) is 5.56 Å². The van der Waals surface area contributed by atoms with Gasteiger partial charge >= 0.3 is 0 Å². The van der Waals surface area contributed by atoms with E-state index in [-0.39, 0.29) is 11.3 Å². The molecule has 0 aliphatic heterocycles. The molecule has 3 N–H and O–H groups in total. The van der Waals surface area contributed by atoms with Gasteiger partial charge in [0.2, 0.25) is 0 Å². The van der Waals surface area contributed by atoms with E-state index in [1.807, 2.05) is 0 Å². The molecule has 14 heavy (non-hydrogen) atoms. The molecule has 0 bridgehead atoms. The molecule has 1 aromatic carbocycles. The molecule has 3 nitrogen and oxygen atoms in total. The van der Waals surface area contributed by atoms with Crippen molar-refractivity contribution >= 4 is 5.78 Å². The van der Waals surface area contributed by atoms with Crippen LogP contribution in [0.5, 0.6) is 0 Å². The molecule has 1 atom stereocenters. The van der Waals surface area contributed by atoms with Gasteiger partial charge in [0.05, 0.1) is 12.6 Å². The van der Waals surface area contributed by atoms with E-state index in [1.54, 1.807) is 6.07 Å². The highest BCUT2D eigenvalue weighted by Gasteiger charge is 2.16. The van der Waals surface area contributed by atoms with Gasteiger partial charge in [-0.25, -0.2) is 4.39 Å². The average molecular weight is 197 g/mol. The number of aliphatic hydroxyl groups is 1. The molecule has 0 amide bonds.